The van der Waals surface area contributed by atoms with E-state index in [-0.39, 0.29) is 23.3 Å². The Morgan fingerprint density at radius 2 is 1.96 bits per heavy atom. The van der Waals surface area contributed by atoms with Crippen molar-refractivity contribution in [2.75, 3.05) is 6.54 Å². The van der Waals surface area contributed by atoms with Gasteiger partial charge in [-0.05, 0) is 24.1 Å². The van der Waals surface area contributed by atoms with Crippen molar-refractivity contribution in [2.24, 2.45) is 0 Å². The lowest BCUT2D eigenvalue weighted by molar-refractivity contribution is -0.129. The number of amides is 1. The van der Waals surface area contributed by atoms with Gasteiger partial charge in [-0.1, -0.05) is 18.2 Å². The highest BCUT2D eigenvalue weighted by Gasteiger charge is 2.59. The molecular formula is C19H16N2O3. The molecule has 1 aromatic carbocycles. The predicted octanol–water partition coefficient (Wildman–Crippen LogP) is 1.64. The fourth-order valence-electron chi connectivity index (χ4n) is 5.04. The van der Waals surface area contributed by atoms with Crippen LogP contribution in [0.4, 0.5) is 0 Å². The molecule has 2 aromatic rings. The summed E-state index contributed by atoms with van der Waals surface area (Å²) < 4.78 is 1.69. The Bertz CT molecular complexity index is 990. The number of carbonyl (C=O) groups is 2. The first kappa shape index (κ1) is 13.7. The van der Waals surface area contributed by atoms with Crippen molar-refractivity contribution in [1.29, 1.82) is 0 Å². The molecule has 0 radical (unpaired) electrons. The third-order valence-corrected chi connectivity index (χ3v) is 5.92. The average molecular weight is 320 g/mol. The minimum atomic E-state index is -0.439. The summed E-state index contributed by atoms with van der Waals surface area (Å²) in [6, 6.07) is 10.8. The van der Waals surface area contributed by atoms with Crippen molar-refractivity contribution in [3.8, 4) is 5.69 Å². The lowest BCUT2D eigenvalue weighted by atomic mass is 9.66. The summed E-state index contributed by atoms with van der Waals surface area (Å²) in [7, 11) is 0. The first-order valence-electron chi connectivity index (χ1n) is 8.22. The second-order valence-corrected chi connectivity index (χ2v) is 6.86. The zero-order valence-corrected chi connectivity index (χ0v) is 13.3. The minimum absolute atomic E-state index is 0.0117. The Balaban J connectivity index is 1.94. The van der Waals surface area contributed by atoms with Crippen LogP contribution in [0.25, 0.3) is 5.69 Å². The summed E-state index contributed by atoms with van der Waals surface area (Å²) in [6.45, 7) is 2.17. The Labute approximate surface area is 138 Å². The van der Waals surface area contributed by atoms with Gasteiger partial charge in [0.25, 0.3) is 5.56 Å². The zero-order chi connectivity index (χ0) is 16.6. The number of hydrogen-bond acceptors (Lipinski definition) is 3. The normalized spacial score (nSPS) is 26.1. The summed E-state index contributed by atoms with van der Waals surface area (Å²) >= 11 is 0. The number of hydrogen-bond donors (Lipinski definition) is 0. The number of pyridine rings is 1. The maximum absolute atomic E-state index is 12.7. The van der Waals surface area contributed by atoms with Crippen LogP contribution in [0, 0.1) is 0 Å². The predicted molar refractivity (Wildman–Crippen MR) is 87.6 cm³/mol. The van der Waals surface area contributed by atoms with Crippen LogP contribution in [-0.4, -0.2) is 33.7 Å². The van der Waals surface area contributed by atoms with Gasteiger partial charge < -0.3 is 4.90 Å². The largest absolute Gasteiger partial charge is 0.338 e. The Morgan fingerprint density at radius 3 is 2.75 bits per heavy atom. The number of para-hydroxylation sites is 1. The van der Waals surface area contributed by atoms with Crippen molar-refractivity contribution in [3.63, 3.8) is 0 Å². The van der Waals surface area contributed by atoms with Gasteiger partial charge in [0.1, 0.15) is 0 Å². The molecule has 1 spiro atoms. The first-order valence-corrected chi connectivity index (χ1v) is 8.22. The summed E-state index contributed by atoms with van der Waals surface area (Å²) in [5, 5.41) is 0. The van der Waals surface area contributed by atoms with Gasteiger partial charge in [-0.15, -0.1) is 0 Å². The molecule has 1 aliphatic carbocycles. The molecule has 120 valence electrons. The van der Waals surface area contributed by atoms with E-state index in [9.17, 15) is 14.4 Å². The topological polar surface area (TPSA) is 59.4 Å². The van der Waals surface area contributed by atoms with Crippen LogP contribution >= 0.6 is 0 Å². The maximum Gasteiger partial charge on any atom is 0.255 e. The number of rotatable bonds is 0. The highest BCUT2D eigenvalue weighted by Crippen LogP contribution is 2.55. The molecule has 2 aliphatic heterocycles. The lowest BCUT2D eigenvalue weighted by Crippen LogP contribution is -2.49. The van der Waals surface area contributed by atoms with Crippen LogP contribution in [0.15, 0.2) is 41.2 Å². The van der Waals surface area contributed by atoms with Gasteiger partial charge in [0.05, 0.1) is 17.1 Å². The van der Waals surface area contributed by atoms with Gasteiger partial charge in [0.2, 0.25) is 5.91 Å². The molecule has 24 heavy (non-hydrogen) atoms. The number of Topliss-reactive ketones (excluding diaryl/α,β-unsaturated/α-hetero) is 1. The van der Waals surface area contributed by atoms with Gasteiger partial charge in [-0.25, -0.2) is 0 Å². The lowest BCUT2D eigenvalue weighted by Gasteiger charge is -2.39. The number of nitrogens with zero attached hydrogens (tertiary/aromatic N) is 2. The maximum atomic E-state index is 12.7. The molecule has 1 aromatic heterocycles. The van der Waals surface area contributed by atoms with Gasteiger partial charge in [-0.3, -0.25) is 19.0 Å². The Hall–Kier alpha value is -2.69. The number of ketones is 1. The molecule has 5 heteroatoms. The van der Waals surface area contributed by atoms with Gasteiger partial charge in [-0.2, -0.15) is 0 Å². The van der Waals surface area contributed by atoms with E-state index in [2.05, 4.69) is 0 Å². The molecule has 3 aliphatic rings. The summed E-state index contributed by atoms with van der Waals surface area (Å²) in [6.07, 6.45) is 1.07. The van der Waals surface area contributed by atoms with Crippen molar-refractivity contribution in [2.45, 2.75) is 31.2 Å². The fraction of sp³-hybridized carbons (Fsp3) is 0.316. The third-order valence-electron chi connectivity index (χ3n) is 5.92. The number of aromatic nitrogens is 1. The SMILES string of the molecule is CC(=O)N1CC[C@]23c4ccccc4-n4c2c(ccc4=O)C(=O)C[C@H]13. The first-order chi connectivity index (χ1) is 11.6. The molecule has 1 fully saturated rings. The molecule has 0 unspecified atom stereocenters. The summed E-state index contributed by atoms with van der Waals surface area (Å²) in [5.74, 6) is 0.00247. The molecule has 0 bridgehead atoms. The minimum Gasteiger partial charge on any atom is -0.338 e. The molecule has 5 nitrogen and oxygen atoms in total. The van der Waals surface area contributed by atoms with Crippen molar-refractivity contribution in [1.82, 2.24) is 9.47 Å². The second kappa shape index (κ2) is 4.23. The molecule has 0 saturated carbocycles. The average Bonchev–Trinajstić information content (AvgIpc) is 3.08. The Morgan fingerprint density at radius 1 is 1.17 bits per heavy atom. The third kappa shape index (κ3) is 1.35. The van der Waals surface area contributed by atoms with Crippen LogP contribution in [0.1, 0.15) is 41.4 Å². The number of likely N-dealkylation sites (tertiary alicyclic amines) is 1. The van der Waals surface area contributed by atoms with Crippen molar-refractivity contribution < 1.29 is 9.59 Å². The van der Waals surface area contributed by atoms with Crippen LogP contribution < -0.4 is 5.56 Å². The van der Waals surface area contributed by atoms with Gasteiger partial charge in [0, 0.05) is 37.2 Å². The Kier molecular flexibility index (Phi) is 2.42. The highest BCUT2D eigenvalue weighted by molar-refractivity contribution is 6.01. The standard InChI is InChI=1S/C19H16N2O3/c1-11(22)20-9-8-19-13-4-2-3-5-14(13)21-17(24)7-6-12(18(19)21)15(23)10-16(19)20/h2-7,16H,8-10H2,1H3/t16-,19+/m0/s1. The van der Waals surface area contributed by atoms with E-state index in [1.807, 2.05) is 29.2 Å². The number of carbonyl (C=O) groups excluding carboxylic acids is 2. The number of benzene rings is 1. The fourth-order valence-corrected chi connectivity index (χ4v) is 5.04. The van der Waals surface area contributed by atoms with Crippen LogP contribution in [0.2, 0.25) is 0 Å². The monoisotopic (exact) mass is 320 g/mol. The van der Waals surface area contributed by atoms with E-state index < -0.39 is 5.41 Å². The zero-order valence-electron chi connectivity index (χ0n) is 13.3. The summed E-state index contributed by atoms with van der Waals surface area (Å²) in [5.41, 5.74) is 2.79. The highest BCUT2D eigenvalue weighted by atomic mass is 16.2. The van der Waals surface area contributed by atoms with Crippen LogP contribution in [0.3, 0.4) is 0 Å². The quantitative estimate of drug-likeness (QED) is 0.741. The summed E-state index contributed by atoms with van der Waals surface area (Å²) in [4.78, 5) is 39.2. The molecule has 2 atom stereocenters. The van der Waals surface area contributed by atoms with Crippen molar-refractivity contribution >= 4 is 11.7 Å². The molecule has 5 rings (SSSR count). The van der Waals surface area contributed by atoms with E-state index in [1.54, 1.807) is 17.6 Å². The number of fused-ring (bicyclic) bond motifs is 2. The van der Waals surface area contributed by atoms with E-state index in [4.69, 9.17) is 0 Å². The molecular weight excluding hydrogens is 304 g/mol. The molecule has 0 N–H and O–H groups in total. The molecule has 3 heterocycles. The second-order valence-electron chi connectivity index (χ2n) is 6.86. The molecule has 1 amide bonds. The van der Waals surface area contributed by atoms with Crippen LogP contribution in [-0.2, 0) is 10.2 Å². The molecule has 1 saturated heterocycles. The van der Waals surface area contributed by atoms with E-state index >= 15 is 0 Å². The van der Waals surface area contributed by atoms with E-state index in [0.717, 1.165) is 23.4 Å². The van der Waals surface area contributed by atoms with Crippen LogP contribution in [0.5, 0.6) is 0 Å². The van der Waals surface area contributed by atoms with E-state index in [0.29, 0.717) is 18.5 Å². The van der Waals surface area contributed by atoms with Gasteiger partial charge >= 0.3 is 0 Å². The van der Waals surface area contributed by atoms with Crippen molar-refractivity contribution in [3.05, 3.63) is 63.6 Å². The smallest absolute Gasteiger partial charge is 0.255 e. The van der Waals surface area contributed by atoms with Gasteiger partial charge in [0.15, 0.2) is 5.78 Å². The van der Waals surface area contributed by atoms with E-state index in [1.165, 1.54) is 6.07 Å².